The number of nitrogens with one attached hydrogen (secondary N) is 3. The van der Waals surface area contributed by atoms with E-state index in [0.29, 0.717) is 27.4 Å². The number of thiophene rings is 1. The molecule has 2 atom stereocenters. The minimum Gasteiger partial charge on any atom is -0.365 e. The minimum absolute atomic E-state index is 0.100. The van der Waals surface area contributed by atoms with Gasteiger partial charge in [-0.3, -0.25) is 4.79 Å². The summed E-state index contributed by atoms with van der Waals surface area (Å²) in [6, 6.07) is 3.32. The van der Waals surface area contributed by atoms with Crippen molar-refractivity contribution < 1.29 is 18.0 Å². The van der Waals surface area contributed by atoms with Crippen molar-refractivity contribution in [1.82, 2.24) is 20.3 Å². The number of aromatic amines is 1. The maximum atomic E-state index is 14.7. The molecule has 3 N–H and O–H groups in total. The number of carbonyl (C=O) groups excluding carboxylic acids is 1. The molecule has 34 heavy (non-hydrogen) atoms. The lowest BCUT2D eigenvalue weighted by Crippen LogP contribution is -2.41. The molecule has 6 nitrogen and oxygen atoms in total. The van der Waals surface area contributed by atoms with Crippen LogP contribution in [-0.4, -0.2) is 32.9 Å². The molecule has 4 heterocycles. The van der Waals surface area contributed by atoms with Gasteiger partial charge < -0.3 is 15.6 Å². The zero-order valence-electron chi connectivity index (χ0n) is 17.7. The highest BCUT2D eigenvalue weighted by molar-refractivity contribution is 7.14. The fourth-order valence-electron chi connectivity index (χ4n) is 4.27. The van der Waals surface area contributed by atoms with Gasteiger partial charge in [-0.2, -0.15) is 0 Å². The van der Waals surface area contributed by atoms with Crippen LogP contribution in [-0.2, 0) is 0 Å². The standard InChI is InChI=1S/C23H19ClF3N5OS/c24-19-4-11(10-34-19)23(33)31-14-3-1-2-13(6-14)30-22-18(27)7-17(26)20(32-22)16-9-29-21-15(16)5-12(25)8-28-21/h4-5,7-10,13-14H,1-3,6H2,(H,28,29)(H,30,32)(H,31,33)/t13?,14-/m1/s1. The molecule has 1 unspecified atom stereocenters. The zero-order chi connectivity index (χ0) is 23.8. The third-order valence-corrected chi connectivity index (χ3v) is 6.95. The molecule has 1 aliphatic rings. The highest BCUT2D eigenvalue weighted by atomic mass is 35.5. The summed E-state index contributed by atoms with van der Waals surface area (Å²) in [7, 11) is 0. The number of hydrogen-bond donors (Lipinski definition) is 3. The maximum absolute atomic E-state index is 14.7. The Balaban J connectivity index is 1.35. The highest BCUT2D eigenvalue weighted by Crippen LogP contribution is 2.32. The predicted octanol–water partition coefficient (Wildman–Crippen LogP) is 5.91. The van der Waals surface area contributed by atoms with Gasteiger partial charge >= 0.3 is 0 Å². The van der Waals surface area contributed by atoms with Crippen molar-refractivity contribution in [2.24, 2.45) is 0 Å². The van der Waals surface area contributed by atoms with Crippen LogP contribution in [0.25, 0.3) is 22.3 Å². The normalized spacial score (nSPS) is 18.2. The molecule has 1 saturated carbocycles. The van der Waals surface area contributed by atoms with Gasteiger partial charge in [0.15, 0.2) is 17.5 Å². The van der Waals surface area contributed by atoms with E-state index in [1.165, 1.54) is 23.6 Å². The van der Waals surface area contributed by atoms with E-state index in [4.69, 9.17) is 11.6 Å². The molecule has 1 aliphatic carbocycles. The predicted molar refractivity (Wildman–Crippen MR) is 126 cm³/mol. The smallest absolute Gasteiger partial charge is 0.252 e. The highest BCUT2D eigenvalue weighted by Gasteiger charge is 2.26. The first kappa shape index (κ1) is 22.7. The second-order valence-corrected chi connectivity index (χ2v) is 9.76. The van der Waals surface area contributed by atoms with E-state index in [2.05, 4.69) is 25.6 Å². The monoisotopic (exact) mass is 505 g/mol. The molecular weight excluding hydrogens is 487 g/mol. The van der Waals surface area contributed by atoms with Crippen molar-refractivity contribution in [1.29, 1.82) is 0 Å². The molecule has 0 saturated heterocycles. The van der Waals surface area contributed by atoms with Crippen LogP contribution < -0.4 is 10.6 Å². The molecule has 5 rings (SSSR count). The number of aromatic nitrogens is 3. The Hall–Kier alpha value is -3.11. The minimum atomic E-state index is -0.864. The van der Waals surface area contributed by atoms with E-state index in [1.54, 1.807) is 11.4 Å². The Morgan fingerprint density at radius 1 is 1.15 bits per heavy atom. The van der Waals surface area contributed by atoms with Crippen molar-refractivity contribution in [3.05, 3.63) is 63.3 Å². The second kappa shape index (κ2) is 9.27. The summed E-state index contributed by atoms with van der Waals surface area (Å²) < 4.78 is 43.5. The first-order valence-electron chi connectivity index (χ1n) is 10.7. The van der Waals surface area contributed by atoms with Crippen LogP contribution in [0.2, 0.25) is 4.34 Å². The Bertz CT molecular complexity index is 1370. The van der Waals surface area contributed by atoms with E-state index in [0.717, 1.165) is 31.5 Å². The topological polar surface area (TPSA) is 82.7 Å². The van der Waals surface area contributed by atoms with Gasteiger partial charge in [0.2, 0.25) is 0 Å². The Morgan fingerprint density at radius 3 is 2.76 bits per heavy atom. The quantitative estimate of drug-likeness (QED) is 0.315. The van der Waals surface area contributed by atoms with Gasteiger partial charge in [-0.15, -0.1) is 11.3 Å². The zero-order valence-corrected chi connectivity index (χ0v) is 19.2. The maximum Gasteiger partial charge on any atom is 0.252 e. The molecule has 4 aromatic rings. The van der Waals surface area contributed by atoms with Gasteiger partial charge in [0.05, 0.1) is 16.1 Å². The molecular formula is C23H19ClF3N5OS. The first-order chi connectivity index (χ1) is 16.4. The summed E-state index contributed by atoms with van der Waals surface area (Å²) in [5.74, 6) is -2.57. The fraction of sp³-hybridized carbons (Fsp3) is 0.261. The lowest BCUT2D eigenvalue weighted by atomic mass is 9.90. The van der Waals surface area contributed by atoms with Crippen molar-refractivity contribution >= 4 is 45.7 Å². The number of carbonyl (C=O) groups is 1. The van der Waals surface area contributed by atoms with E-state index < -0.39 is 17.5 Å². The lowest BCUT2D eigenvalue weighted by Gasteiger charge is -2.30. The van der Waals surface area contributed by atoms with Crippen LogP contribution in [0.15, 0.2) is 36.0 Å². The molecule has 0 radical (unpaired) electrons. The van der Waals surface area contributed by atoms with Crippen molar-refractivity contribution in [3.8, 4) is 11.3 Å². The number of H-pyrrole nitrogens is 1. The summed E-state index contributed by atoms with van der Waals surface area (Å²) in [6.45, 7) is 0. The van der Waals surface area contributed by atoms with E-state index >= 15 is 0 Å². The third-order valence-electron chi connectivity index (χ3n) is 5.86. The van der Waals surface area contributed by atoms with Gasteiger partial charge in [-0.05, 0) is 37.8 Å². The van der Waals surface area contributed by atoms with E-state index in [9.17, 15) is 18.0 Å². The number of amides is 1. The summed E-state index contributed by atoms with van der Waals surface area (Å²) in [5, 5.41) is 8.10. The van der Waals surface area contributed by atoms with E-state index in [-0.39, 0.29) is 35.1 Å². The lowest BCUT2D eigenvalue weighted by molar-refractivity contribution is 0.0927. The Morgan fingerprint density at radius 2 is 1.97 bits per heavy atom. The average Bonchev–Trinajstić information content (AvgIpc) is 3.42. The van der Waals surface area contributed by atoms with Crippen molar-refractivity contribution in [2.75, 3.05) is 5.32 Å². The number of anilines is 1. The number of fused-ring (bicyclic) bond motifs is 1. The average molecular weight is 506 g/mol. The summed E-state index contributed by atoms with van der Waals surface area (Å²) in [4.78, 5) is 23.4. The number of pyridine rings is 2. The van der Waals surface area contributed by atoms with Gasteiger partial charge in [0.25, 0.3) is 5.91 Å². The van der Waals surface area contributed by atoms with E-state index in [1.807, 2.05) is 0 Å². The van der Waals surface area contributed by atoms with Gasteiger partial charge in [0, 0.05) is 40.7 Å². The molecule has 1 amide bonds. The van der Waals surface area contributed by atoms with Crippen LogP contribution >= 0.6 is 22.9 Å². The fourth-order valence-corrected chi connectivity index (χ4v) is 5.13. The molecule has 0 spiro atoms. The molecule has 0 bridgehead atoms. The van der Waals surface area contributed by atoms with Crippen LogP contribution in [0.3, 0.4) is 0 Å². The number of hydrogen-bond acceptors (Lipinski definition) is 5. The summed E-state index contributed by atoms with van der Waals surface area (Å²) in [5.41, 5.74) is 1.04. The number of rotatable bonds is 5. The SMILES string of the molecule is O=C(N[C@@H]1CCCC(Nc2nc(-c3c[nH]c4ncc(F)cc34)c(F)cc2F)C1)c1csc(Cl)c1. The van der Waals surface area contributed by atoms with Crippen LogP contribution in [0, 0.1) is 17.5 Å². The van der Waals surface area contributed by atoms with Gasteiger partial charge in [0.1, 0.15) is 17.2 Å². The number of nitrogens with zero attached hydrogens (tertiary/aromatic N) is 2. The Kier molecular flexibility index (Phi) is 6.18. The molecule has 11 heteroatoms. The second-order valence-electron chi connectivity index (χ2n) is 8.22. The Labute approximate surface area is 201 Å². The summed E-state index contributed by atoms with van der Waals surface area (Å²) >= 11 is 7.20. The molecule has 0 aromatic carbocycles. The van der Waals surface area contributed by atoms with Gasteiger partial charge in [-0.25, -0.2) is 23.1 Å². The van der Waals surface area contributed by atoms with Crippen LogP contribution in [0.1, 0.15) is 36.0 Å². The number of halogens is 4. The summed E-state index contributed by atoms with van der Waals surface area (Å²) in [6.07, 6.45) is 5.42. The van der Waals surface area contributed by atoms with Gasteiger partial charge in [-0.1, -0.05) is 11.6 Å². The third kappa shape index (κ3) is 4.60. The largest absolute Gasteiger partial charge is 0.365 e. The molecule has 176 valence electrons. The van der Waals surface area contributed by atoms with Crippen LogP contribution in [0.4, 0.5) is 19.0 Å². The van der Waals surface area contributed by atoms with Crippen LogP contribution in [0.5, 0.6) is 0 Å². The first-order valence-corrected chi connectivity index (χ1v) is 11.9. The molecule has 1 fully saturated rings. The molecule has 0 aliphatic heterocycles. The van der Waals surface area contributed by atoms with Crippen molar-refractivity contribution in [2.45, 2.75) is 37.8 Å². The van der Waals surface area contributed by atoms with Crippen molar-refractivity contribution in [3.63, 3.8) is 0 Å². The molecule has 4 aromatic heterocycles.